The molecule has 1 saturated carbocycles. The molecule has 0 radical (unpaired) electrons. The van der Waals surface area contributed by atoms with Crippen LogP contribution in [-0.2, 0) is 16.0 Å². The van der Waals surface area contributed by atoms with Crippen LogP contribution in [0.5, 0.6) is 17.2 Å². The smallest absolute Gasteiger partial charge is 0.200 e. The zero-order valence-electron chi connectivity index (χ0n) is 23.3. The highest BCUT2D eigenvalue weighted by Gasteiger charge is 2.79. The molecule has 6 rings (SSSR count). The minimum atomic E-state index is -1.34. The standard InChI is InChI=1S/C31H39NO6/c1-7-32(8-2)15-21-20-13-22-27(35)26-25(34)14-24(33)19(10-9-17(3)4)28(26)38-31(22)23(21)16-37-30(31,29(20)36)12-11-18(5)6/h9,11,13-14,20-21,23,33-34H,7-8,10,12,15-16H2,1-6H3/t20-,21+,23-,30?,31-/m1/s1. The molecule has 4 bridgehead atoms. The fourth-order valence-corrected chi connectivity index (χ4v) is 7.01. The first kappa shape index (κ1) is 26.7. The topological polar surface area (TPSA) is 96.3 Å². The molecule has 2 aliphatic heterocycles. The SMILES string of the molecule is CCN(CC)C[C@@H]1[C@H]2COC3(CC=C(C)C)C(=O)[C@@H]1C=C1C(=O)c4c(O)cc(O)c(CC=C(C)C)c4O[C@]123. The maximum absolute atomic E-state index is 14.3. The largest absolute Gasteiger partial charge is 0.507 e. The summed E-state index contributed by atoms with van der Waals surface area (Å²) in [5.74, 6) is -1.47. The zero-order valence-corrected chi connectivity index (χ0v) is 23.3. The van der Waals surface area contributed by atoms with Crippen LogP contribution < -0.4 is 4.74 Å². The van der Waals surface area contributed by atoms with E-state index in [0.717, 1.165) is 24.2 Å². The van der Waals surface area contributed by atoms with Crippen molar-refractivity contribution >= 4 is 11.6 Å². The summed E-state index contributed by atoms with van der Waals surface area (Å²) < 4.78 is 13.4. The summed E-state index contributed by atoms with van der Waals surface area (Å²) in [6, 6.07) is 1.21. The fraction of sp³-hybridized carbons (Fsp3) is 0.548. The number of carbonyl (C=O) groups excluding carboxylic acids is 2. The predicted molar refractivity (Wildman–Crippen MR) is 145 cm³/mol. The number of allylic oxidation sites excluding steroid dienone is 4. The Hall–Kier alpha value is -2.90. The number of carbonyl (C=O) groups is 2. The van der Waals surface area contributed by atoms with Gasteiger partial charge in [0.05, 0.1) is 6.61 Å². The van der Waals surface area contributed by atoms with Crippen LogP contribution in [0.2, 0.25) is 0 Å². The van der Waals surface area contributed by atoms with Crippen molar-refractivity contribution in [3.05, 3.63) is 52.1 Å². The first-order chi connectivity index (χ1) is 18.0. The van der Waals surface area contributed by atoms with E-state index in [-0.39, 0.29) is 46.2 Å². The first-order valence-electron chi connectivity index (χ1n) is 13.7. The van der Waals surface area contributed by atoms with Gasteiger partial charge in [-0.2, -0.15) is 0 Å². The lowest BCUT2D eigenvalue weighted by molar-refractivity contribution is -0.171. The van der Waals surface area contributed by atoms with Gasteiger partial charge in [0.15, 0.2) is 22.8 Å². The maximum Gasteiger partial charge on any atom is 0.200 e. The van der Waals surface area contributed by atoms with Crippen LogP contribution in [0, 0.1) is 17.8 Å². The number of hydrogen-bond donors (Lipinski definition) is 2. The van der Waals surface area contributed by atoms with Crippen LogP contribution in [-0.4, -0.2) is 64.1 Å². The van der Waals surface area contributed by atoms with Crippen LogP contribution in [0.25, 0.3) is 0 Å². The molecule has 0 aromatic heterocycles. The van der Waals surface area contributed by atoms with Crippen molar-refractivity contribution in [1.82, 2.24) is 4.90 Å². The summed E-state index contributed by atoms with van der Waals surface area (Å²) in [4.78, 5) is 30.8. The average molecular weight is 522 g/mol. The molecule has 1 saturated heterocycles. The number of ketones is 2. The number of phenols is 2. The third kappa shape index (κ3) is 3.54. The van der Waals surface area contributed by atoms with Crippen molar-refractivity contribution in [3.63, 3.8) is 0 Å². The average Bonchev–Trinajstić information content (AvgIpc) is 3.14. The summed E-state index contributed by atoms with van der Waals surface area (Å²) in [7, 11) is 0. The molecule has 1 aromatic carbocycles. The molecule has 38 heavy (non-hydrogen) atoms. The number of hydrogen-bond acceptors (Lipinski definition) is 7. The molecule has 2 N–H and O–H groups in total. The summed E-state index contributed by atoms with van der Waals surface area (Å²) >= 11 is 0. The maximum atomic E-state index is 14.3. The van der Waals surface area contributed by atoms with E-state index in [0.29, 0.717) is 37.1 Å². The Morgan fingerprint density at radius 1 is 1.08 bits per heavy atom. The minimum Gasteiger partial charge on any atom is -0.507 e. The Balaban J connectivity index is 1.76. The Kier molecular flexibility index (Phi) is 6.59. The fourth-order valence-electron chi connectivity index (χ4n) is 7.01. The number of rotatable bonds is 8. The van der Waals surface area contributed by atoms with Gasteiger partial charge in [-0.05, 0) is 53.1 Å². The van der Waals surface area contributed by atoms with Crippen LogP contribution in [0.15, 0.2) is 41.0 Å². The summed E-state index contributed by atoms with van der Waals surface area (Å²) in [6.07, 6.45) is 6.35. The van der Waals surface area contributed by atoms with Crippen LogP contribution in [0.4, 0.5) is 0 Å². The lowest BCUT2D eigenvalue weighted by Crippen LogP contribution is -2.74. The van der Waals surface area contributed by atoms with Crippen molar-refractivity contribution in [3.8, 4) is 17.2 Å². The van der Waals surface area contributed by atoms with Gasteiger partial charge < -0.3 is 24.6 Å². The molecule has 204 valence electrons. The lowest BCUT2D eigenvalue weighted by Gasteiger charge is -2.59. The van der Waals surface area contributed by atoms with E-state index >= 15 is 0 Å². The molecule has 1 aromatic rings. The van der Waals surface area contributed by atoms with Crippen molar-refractivity contribution < 1.29 is 29.3 Å². The van der Waals surface area contributed by atoms with E-state index in [1.54, 1.807) is 6.08 Å². The molecule has 1 spiro atoms. The molecule has 7 nitrogen and oxygen atoms in total. The van der Waals surface area contributed by atoms with Crippen LogP contribution in [0.1, 0.15) is 63.9 Å². The third-order valence-corrected chi connectivity index (χ3v) is 9.01. The second-order valence-electron chi connectivity index (χ2n) is 11.6. The van der Waals surface area contributed by atoms with Gasteiger partial charge in [0.25, 0.3) is 0 Å². The van der Waals surface area contributed by atoms with Crippen molar-refractivity contribution in [2.24, 2.45) is 17.8 Å². The van der Waals surface area contributed by atoms with E-state index in [4.69, 9.17) is 9.47 Å². The molecule has 2 fully saturated rings. The number of ether oxygens (including phenoxy) is 2. The monoisotopic (exact) mass is 521 g/mol. The third-order valence-electron chi connectivity index (χ3n) is 9.01. The van der Waals surface area contributed by atoms with Crippen LogP contribution in [0.3, 0.4) is 0 Å². The van der Waals surface area contributed by atoms with Gasteiger partial charge >= 0.3 is 0 Å². The summed E-state index contributed by atoms with van der Waals surface area (Å²) in [5, 5.41) is 21.7. The van der Waals surface area contributed by atoms with Gasteiger partial charge in [0.2, 0.25) is 0 Å². The van der Waals surface area contributed by atoms with Gasteiger partial charge in [-0.1, -0.05) is 43.2 Å². The number of Topliss-reactive ketones (excluding diaryl/α,β-unsaturated/α-hetero) is 2. The number of fused-ring (bicyclic) bond motifs is 1. The number of aromatic hydroxyl groups is 2. The predicted octanol–water partition coefficient (Wildman–Crippen LogP) is 4.76. The van der Waals surface area contributed by atoms with Gasteiger partial charge in [0, 0.05) is 42.0 Å². The lowest BCUT2D eigenvalue weighted by atomic mass is 9.49. The van der Waals surface area contributed by atoms with E-state index in [9.17, 15) is 19.8 Å². The molecule has 5 atom stereocenters. The van der Waals surface area contributed by atoms with Gasteiger partial charge in [0.1, 0.15) is 22.8 Å². The number of nitrogens with zero attached hydrogens (tertiary/aromatic N) is 1. The van der Waals surface area contributed by atoms with E-state index in [1.165, 1.54) is 6.07 Å². The van der Waals surface area contributed by atoms with Crippen molar-refractivity contribution in [1.29, 1.82) is 0 Å². The van der Waals surface area contributed by atoms with E-state index < -0.39 is 17.1 Å². The highest BCUT2D eigenvalue weighted by molar-refractivity contribution is 6.18. The quantitative estimate of drug-likeness (QED) is 0.476. The highest BCUT2D eigenvalue weighted by Crippen LogP contribution is 2.65. The molecule has 1 unspecified atom stereocenters. The van der Waals surface area contributed by atoms with Crippen molar-refractivity contribution in [2.75, 3.05) is 26.2 Å². The minimum absolute atomic E-state index is 0.0453. The molecule has 7 heteroatoms. The molecule has 3 aliphatic carbocycles. The molecule has 2 heterocycles. The van der Waals surface area contributed by atoms with Crippen LogP contribution >= 0.6 is 0 Å². The van der Waals surface area contributed by atoms with E-state index in [1.807, 2.05) is 39.8 Å². The highest BCUT2D eigenvalue weighted by atomic mass is 16.6. The normalized spacial score (nSPS) is 30.5. The number of phenolic OH excluding ortho intramolecular Hbond substituents is 2. The molecule has 0 amide bonds. The Morgan fingerprint density at radius 2 is 1.76 bits per heavy atom. The Labute approximate surface area is 224 Å². The Morgan fingerprint density at radius 3 is 2.39 bits per heavy atom. The zero-order chi connectivity index (χ0) is 27.6. The van der Waals surface area contributed by atoms with Gasteiger partial charge in [-0.3, -0.25) is 9.59 Å². The Bertz CT molecular complexity index is 1280. The first-order valence-corrected chi connectivity index (χ1v) is 13.7. The van der Waals surface area contributed by atoms with Gasteiger partial charge in [-0.25, -0.2) is 0 Å². The molecule has 5 aliphatic rings. The second kappa shape index (κ2) is 9.38. The summed E-state index contributed by atoms with van der Waals surface area (Å²) in [6.45, 7) is 14.8. The summed E-state index contributed by atoms with van der Waals surface area (Å²) in [5.41, 5.74) is 0.307. The van der Waals surface area contributed by atoms with Crippen molar-refractivity contribution in [2.45, 2.75) is 65.6 Å². The second-order valence-corrected chi connectivity index (χ2v) is 11.6. The number of benzene rings is 1. The van der Waals surface area contributed by atoms with Gasteiger partial charge in [-0.15, -0.1) is 0 Å². The van der Waals surface area contributed by atoms with E-state index in [2.05, 4.69) is 18.7 Å². The molecular formula is C31H39NO6. The molecular weight excluding hydrogens is 482 g/mol.